The molecule has 134 valence electrons. The highest BCUT2D eigenvalue weighted by Crippen LogP contribution is 2.27. The molecule has 1 fully saturated rings. The summed E-state index contributed by atoms with van der Waals surface area (Å²) in [7, 11) is 3.93. The van der Waals surface area contributed by atoms with Crippen molar-refractivity contribution in [2.45, 2.75) is 25.1 Å². The molecular weight excluding hydrogens is 321 g/mol. The molecule has 1 aliphatic heterocycles. The van der Waals surface area contributed by atoms with Gasteiger partial charge in [0.25, 0.3) is 0 Å². The van der Waals surface area contributed by atoms with Crippen LogP contribution in [0.3, 0.4) is 0 Å². The number of halogens is 3. The number of carbonyl (C=O) groups excluding carboxylic acids is 1. The van der Waals surface area contributed by atoms with Crippen molar-refractivity contribution in [1.82, 2.24) is 16.2 Å². The number of carbonyl (C=O) groups is 1. The Labute approximate surface area is 139 Å². The largest absolute Gasteiger partial charge is 0.405 e. The molecule has 2 rings (SSSR count). The van der Waals surface area contributed by atoms with Crippen molar-refractivity contribution in [1.29, 1.82) is 0 Å². The van der Waals surface area contributed by atoms with Crippen LogP contribution in [0.25, 0.3) is 0 Å². The van der Waals surface area contributed by atoms with Crippen molar-refractivity contribution in [2.24, 2.45) is 5.92 Å². The van der Waals surface area contributed by atoms with Gasteiger partial charge in [0.1, 0.15) is 6.04 Å². The highest BCUT2D eigenvalue weighted by atomic mass is 19.4. The molecule has 0 bridgehead atoms. The number of hydrazine groups is 1. The van der Waals surface area contributed by atoms with E-state index in [4.69, 9.17) is 0 Å². The van der Waals surface area contributed by atoms with E-state index in [2.05, 4.69) is 16.2 Å². The average molecular weight is 344 g/mol. The predicted molar refractivity (Wildman–Crippen MR) is 86.6 cm³/mol. The molecular formula is C16H23F3N4O. The zero-order valence-corrected chi connectivity index (χ0v) is 13.8. The third-order valence-electron chi connectivity index (χ3n) is 4.07. The number of nitrogens with one attached hydrogen (secondary N) is 3. The molecule has 0 aromatic heterocycles. The number of amides is 1. The molecule has 8 heteroatoms. The number of benzene rings is 1. The van der Waals surface area contributed by atoms with Gasteiger partial charge >= 0.3 is 6.18 Å². The zero-order valence-electron chi connectivity index (χ0n) is 13.8. The van der Waals surface area contributed by atoms with Crippen LogP contribution < -0.4 is 21.1 Å². The molecule has 1 amide bonds. The second kappa shape index (κ2) is 7.85. The molecule has 24 heavy (non-hydrogen) atoms. The van der Waals surface area contributed by atoms with Crippen LogP contribution in [0.1, 0.15) is 12.0 Å². The highest BCUT2D eigenvalue weighted by Gasteiger charge is 2.50. The maximum Gasteiger partial charge on any atom is 0.405 e. The summed E-state index contributed by atoms with van der Waals surface area (Å²) in [5.41, 5.74) is 6.76. The maximum atomic E-state index is 12.8. The van der Waals surface area contributed by atoms with Crippen LogP contribution in [0, 0.1) is 5.92 Å². The van der Waals surface area contributed by atoms with E-state index in [1.807, 2.05) is 43.3 Å². The van der Waals surface area contributed by atoms with Gasteiger partial charge in [0.2, 0.25) is 5.91 Å². The number of alkyl halides is 3. The summed E-state index contributed by atoms with van der Waals surface area (Å²) in [6, 6.07) is 6.22. The van der Waals surface area contributed by atoms with Crippen molar-refractivity contribution in [2.75, 3.05) is 32.1 Å². The Morgan fingerprint density at radius 2 is 1.96 bits per heavy atom. The molecule has 1 aromatic rings. The van der Waals surface area contributed by atoms with Gasteiger partial charge in [0.05, 0.1) is 5.92 Å². The lowest BCUT2D eigenvalue weighted by molar-refractivity contribution is -0.166. The van der Waals surface area contributed by atoms with Gasteiger partial charge in [-0.3, -0.25) is 10.2 Å². The fourth-order valence-corrected chi connectivity index (χ4v) is 2.65. The van der Waals surface area contributed by atoms with Gasteiger partial charge in [-0.1, -0.05) is 12.1 Å². The highest BCUT2D eigenvalue weighted by molar-refractivity contribution is 5.80. The molecule has 0 saturated carbocycles. The molecule has 5 nitrogen and oxygen atoms in total. The first-order chi connectivity index (χ1) is 11.3. The lowest BCUT2D eigenvalue weighted by atomic mass is 10.0. The summed E-state index contributed by atoms with van der Waals surface area (Å²) in [6.45, 7) is 0.331. The van der Waals surface area contributed by atoms with Crippen LogP contribution in [0.15, 0.2) is 24.3 Å². The van der Waals surface area contributed by atoms with E-state index in [1.165, 1.54) is 0 Å². The topological polar surface area (TPSA) is 56.4 Å². The van der Waals surface area contributed by atoms with Gasteiger partial charge in [-0.05, 0) is 30.5 Å². The summed E-state index contributed by atoms with van der Waals surface area (Å²) < 4.78 is 38.4. The fourth-order valence-electron chi connectivity index (χ4n) is 2.65. The van der Waals surface area contributed by atoms with Crippen LogP contribution in [0.4, 0.5) is 18.9 Å². The second-order valence-electron chi connectivity index (χ2n) is 6.11. The first kappa shape index (κ1) is 18.5. The molecule has 1 heterocycles. The Morgan fingerprint density at radius 3 is 2.54 bits per heavy atom. The lowest BCUT2D eigenvalue weighted by Crippen LogP contribution is -2.48. The van der Waals surface area contributed by atoms with Crippen molar-refractivity contribution >= 4 is 11.6 Å². The smallest absolute Gasteiger partial charge is 0.378 e. The van der Waals surface area contributed by atoms with Gasteiger partial charge in [-0.2, -0.15) is 13.2 Å². The normalized spacial score (nSPS) is 20.9. The van der Waals surface area contributed by atoms with Crippen molar-refractivity contribution in [3.05, 3.63) is 29.8 Å². The Bertz CT molecular complexity index is 545. The molecule has 1 saturated heterocycles. The van der Waals surface area contributed by atoms with E-state index < -0.39 is 24.0 Å². The molecule has 3 N–H and O–H groups in total. The monoisotopic (exact) mass is 344 g/mol. The van der Waals surface area contributed by atoms with Crippen LogP contribution in [-0.4, -0.2) is 45.3 Å². The number of hydrogen-bond acceptors (Lipinski definition) is 4. The van der Waals surface area contributed by atoms with Gasteiger partial charge in [-0.25, -0.2) is 5.43 Å². The van der Waals surface area contributed by atoms with Crippen LogP contribution in [0.2, 0.25) is 0 Å². The van der Waals surface area contributed by atoms with Gasteiger partial charge in [0.15, 0.2) is 0 Å². The lowest BCUT2D eigenvalue weighted by Gasteiger charge is -2.20. The molecule has 2 unspecified atom stereocenters. The first-order valence-corrected chi connectivity index (χ1v) is 7.88. The van der Waals surface area contributed by atoms with Gasteiger partial charge in [0, 0.05) is 32.9 Å². The second-order valence-corrected chi connectivity index (χ2v) is 6.11. The number of anilines is 1. The summed E-state index contributed by atoms with van der Waals surface area (Å²) in [5.74, 6) is -1.71. The van der Waals surface area contributed by atoms with E-state index in [9.17, 15) is 18.0 Å². The molecule has 0 spiro atoms. The Balaban J connectivity index is 1.74. The molecule has 1 aromatic carbocycles. The van der Waals surface area contributed by atoms with Crippen molar-refractivity contribution in [3.63, 3.8) is 0 Å². The van der Waals surface area contributed by atoms with Crippen molar-refractivity contribution < 1.29 is 18.0 Å². The Hall–Kier alpha value is -1.80. The number of aryl methyl sites for hydroxylation is 1. The van der Waals surface area contributed by atoms with Crippen LogP contribution in [0.5, 0.6) is 0 Å². The molecule has 0 aliphatic carbocycles. The summed E-state index contributed by atoms with van der Waals surface area (Å²) in [4.78, 5) is 13.9. The maximum absolute atomic E-state index is 12.8. The fraction of sp³-hybridized carbons (Fsp3) is 0.562. The number of hydrogen-bond donors (Lipinski definition) is 3. The van der Waals surface area contributed by atoms with E-state index in [1.54, 1.807) is 0 Å². The van der Waals surface area contributed by atoms with E-state index >= 15 is 0 Å². The predicted octanol–water partition coefficient (Wildman–Crippen LogP) is 1.46. The summed E-state index contributed by atoms with van der Waals surface area (Å²) in [5, 5.41) is 2.60. The zero-order chi connectivity index (χ0) is 17.7. The first-order valence-electron chi connectivity index (χ1n) is 7.88. The van der Waals surface area contributed by atoms with Crippen LogP contribution >= 0.6 is 0 Å². The number of nitrogens with zero attached hydrogens (tertiary/aromatic N) is 1. The average Bonchev–Trinajstić information content (AvgIpc) is 3.01. The SMILES string of the molecule is CN(C)c1ccc(CCCNC(=O)C2CNNC2C(F)(F)F)cc1. The molecule has 2 atom stereocenters. The third kappa shape index (κ3) is 4.85. The number of rotatable bonds is 6. The molecule has 0 radical (unpaired) electrons. The van der Waals surface area contributed by atoms with E-state index in [0.717, 1.165) is 17.7 Å². The van der Waals surface area contributed by atoms with E-state index in [0.29, 0.717) is 13.0 Å². The minimum atomic E-state index is -4.44. The summed E-state index contributed by atoms with van der Waals surface area (Å²) >= 11 is 0. The minimum absolute atomic E-state index is 0.0258. The van der Waals surface area contributed by atoms with Crippen molar-refractivity contribution in [3.8, 4) is 0 Å². The van der Waals surface area contributed by atoms with Gasteiger partial charge in [-0.15, -0.1) is 0 Å². The Morgan fingerprint density at radius 1 is 1.29 bits per heavy atom. The quantitative estimate of drug-likeness (QED) is 0.684. The van der Waals surface area contributed by atoms with E-state index in [-0.39, 0.29) is 6.54 Å². The summed E-state index contributed by atoms with van der Waals surface area (Å²) in [6.07, 6.45) is -3.01. The molecule has 1 aliphatic rings. The van der Waals surface area contributed by atoms with Gasteiger partial charge < -0.3 is 10.2 Å². The van der Waals surface area contributed by atoms with Crippen LogP contribution in [-0.2, 0) is 11.2 Å². The third-order valence-corrected chi connectivity index (χ3v) is 4.07. The Kier molecular flexibility index (Phi) is 6.06. The standard InChI is InChI=1S/C16H23F3N4O/c1-23(2)12-7-5-11(6-8-12)4-3-9-20-15(24)13-10-21-22-14(13)16(17,18)19/h5-8,13-14,21-22H,3-4,9-10H2,1-2H3,(H,20,24). The minimum Gasteiger partial charge on any atom is -0.378 e.